The lowest BCUT2D eigenvalue weighted by molar-refractivity contribution is 0.0385. The summed E-state index contributed by atoms with van der Waals surface area (Å²) in [5.74, 6) is -1.14. The highest BCUT2D eigenvalue weighted by Crippen LogP contribution is 2.40. The first-order valence-electron chi connectivity index (χ1n) is 8.45. The summed E-state index contributed by atoms with van der Waals surface area (Å²) in [7, 11) is 1.51. The molecule has 0 radical (unpaired) electrons. The van der Waals surface area contributed by atoms with E-state index in [-0.39, 0.29) is 30.3 Å². The van der Waals surface area contributed by atoms with E-state index in [0.717, 1.165) is 9.77 Å². The van der Waals surface area contributed by atoms with Crippen LogP contribution in [0.4, 0.5) is 10.1 Å². The molecule has 29 heavy (non-hydrogen) atoms. The van der Waals surface area contributed by atoms with E-state index in [0.29, 0.717) is 15.6 Å². The van der Waals surface area contributed by atoms with Crippen molar-refractivity contribution in [1.82, 2.24) is 0 Å². The van der Waals surface area contributed by atoms with Gasteiger partial charge in [-0.05, 0) is 47.8 Å². The van der Waals surface area contributed by atoms with E-state index in [9.17, 15) is 14.3 Å². The molecule has 1 aromatic heterocycles. The Labute approximate surface area is 180 Å². The minimum atomic E-state index is -0.622. The highest BCUT2D eigenvalue weighted by Gasteiger charge is 2.14. The SMILES string of the molecule is COCCOC(=O)c1ccc(NSc2cc(-c3cccc(F)c3)c(Cl)s2)cc1O. The van der Waals surface area contributed by atoms with Crippen LogP contribution in [0.1, 0.15) is 10.4 Å². The Balaban J connectivity index is 1.65. The largest absolute Gasteiger partial charge is 0.507 e. The van der Waals surface area contributed by atoms with Gasteiger partial charge in [-0.2, -0.15) is 0 Å². The topological polar surface area (TPSA) is 67.8 Å². The number of anilines is 1. The van der Waals surface area contributed by atoms with Gasteiger partial charge in [0.2, 0.25) is 0 Å². The number of rotatable bonds is 8. The summed E-state index contributed by atoms with van der Waals surface area (Å²) in [4.78, 5) is 11.9. The molecule has 152 valence electrons. The second kappa shape index (κ2) is 9.98. The number of ether oxygens (including phenoxy) is 2. The molecule has 9 heteroatoms. The van der Waals surface area contributed by atoms with E-state index in [1.165, 1.54) is 54.7 Å². The van der Waals surface area contributed by atoms with Gasteiger partial charge in [0.15, 0.2) is 0 Å². The molecule has 0 atom stereocenters. The second-order valence-electron chi connectivity index (χ2n) is 5.83. The van der Waals surface area contributed by atoms with E-state index < -0.39 is 5.97 Å². The molecule has 0 aliphatic carbocycles. The van der Waals surface area contributed by atoms with Gasteiger partial charge in [-0.25, -0.2) is 9.18 Å². The van der Waals surface area contributed by atoms with Crippen molar-refractivity contribution in [3.05, 3.63) is 64.2 Å². The summed E-state index contributed by atoms with van der Waals surface area (Å²) in [5.41, 5.74) is 2.12. The van der Waals surface area contributed by atoms with Gasteiger partial charge in [-0.1, -0.05) is 23.7 Å². The molecule has 0 unspecified atom stereocenters. The maximum atomic E-state index is 13.5. The molecule has 0 bridgehead atoms. The van der Waals surface area contributed by atoms with E-state index in [4.69, 9.17) is 21.1 Å². The average molecular weight is 454 g/mol. The monoisotopic (exact) mass is 453 g/mol. The minimum absolute atomic E-state index is 0.0733. The smallest absolute Gasteiger partial charge is 0.341 e. The van der Waals surface area contributed by atoms with Crippen LogP contribution in [0.2, 0.25) is 4.34 Å². The van der Waals surface area contributed by atoms with Gasteiger partial charge in [0.1, 0.15) is 28.1 Å². The molecule has 0 spiro atoms. The van der Waals surface area contributed by atoms with Crippen molar-refractivity contribution in [2.45, 2.75) is 4.21 Å². The van der Waals surface area contributed by atoms with Gasteiger partial charge in [0.25, 0.3) is 0 Å². The van der Waals surface area contributed by atoms with Crippen molar-refractivity contribution >= 4 is 46.5 Å². The van der Waals surface area contributed by atoms with Crippen molar-refractivity contribution in [3.8, 4) is 16.9 Å². The Morgan fingerprint density at radius 3 is 2.79 bits per heavy atom. The van der Waals surface area contributed by atoms with Crippen LogP contribution in [0.5, 0.6) is 5.75 Å². The first-order chi connectivity index (χ1) is 14.0. The molecule has 0 saturated heterocycles. The van der Waals surface area contributed by atoms with Gasteiger partial charge in [0, 0.05) is 24.4 Å². The van der Waals surface area contributed by atoms with Crippen LogP contribution in [0.15, 0.2) is 52.7 Å². The van der Waals surface area contributed by atoms with E-state index >= 15 is 0 Å². The van der Waals surface area contributed by atoms with Crippen molar-refractivity contribution in [2.24, 2.45) is 0 Å². The van der Waals surface area contributed by atoms with Gasteiger partial charge in [0.05, 0.1) is 10.8 Å². The zero-order valence-corrected chi connectivity index (χ0v) is 17.7. The Morgan fingerprint density at radius 1 is 1.24 bits per heavy atom. The summed E-state index contributed by atoms with van der Waals surface area (Å²) < 4.78 is 27.8. The first kappa shape index (κ1) is 21.4. The van der Waals surface area contributed by atoms with Crippen LogP contribution in [0, 0.1) is 5.82 Å². The fraction of sp³-hybridized carbons (Fsp3) is 0.150. The number of hydrogen-bond donors (Lipinski definition) is 2. The molecule has 0 amide bonds. The van der Waals surface area contributed by atoms with Crippen LogP contribution in [0.25, 0.3) is 11.1 Å². The molecule has 1 heterocycles. The molecule has 3 rings (SSSR count). The van der Waals surface area contributed by atoms with Crippen LogP contribution in [-0.4, -0.2) is 31.4 Å². The zero-order valence-electron chi connectivity index (χ0n) is 15.3. The molecule has 0 aliphatic rings. The highest BCUT2D eigenvalue weighted by molar-refractivity contribution is 8.02. The maximum Gasteiger partial charge on any atom is 0.341 e. The number of hydrogen-bond acceptors (Lipinski definition) is 7. The Morgan fingerprint density at radius 2 is 2.07 bits per heavy atom. The van der Waals surface area contributed by atoms with Gasteiger partial charge in [-0.3, -0.25) is 0 Å². The van der Waals surface area contributed by atoms with E-state index in [2.05, 4.69) is 4.72 Å². The third kappa shape index (κ3) is 5.63. The van der Waals surface area contributed by atoms with Crippen molar-refractivity contribution in [2.75, 3.05) is 25.0 Å². The normalized spacial score (nSPS) is 10.7. The number of esters is 1. The zero-order chi connectivity index (χ0) is 20.8. The first-order valence-corrected chi connectivity index (χ1v) is 10.5. The summed E-state index contributed by atoms with van der Waals surface area (Å²) in [6.45, 7) is 0.390. The molecular weight excluding hydrogens is 437 g/mol. The fourth-order valence-corrected chi connectivity index (χ4v) is 4.68. The predicted octanol–water partition coefficient (Wildman–Crippen LogP) is 5.84. The average Bonchev–Trinajstić information content (AvgIpc) is 3.07. The molecule has 0 saturated carbocycles. The maximum absolute atomic E-state index is 13.5. The number of carbonyl (C=O) groups is 1. The third-order valence-corrected chi connectivity index (χ3v) is 6.12. The minimum Gasteiger partial charge on any atom is -0.507 e. The second-order valence-corrected chi connectivity index (χ2v) is 8.59. The number of phenols is 1. The number of nitrogens with one attached hydrogen (secondary N) is 1. The van der Waals surface area contributed by atoms with Gasteiger partial charge >= 0.3 is 5.97 Å². The van der Waals surface area contributed by atoms with Crippen molar-refractivity contribution in [1.29, 1.82) is 0 Å². The van der Waals surface area contributed by atoms with Gasteiger partial charge < -0.3 is 19.3 Å². The Hall–Kier alpha value is -2.26. The molecule has 3 aromatic rings. The van der Waals surface area contributed by atoms with Crippen LogP contribution in [-0.2, 0) is 9.47 Å². The number of aromatic hydroxyl groups is 1. The summed E-state index contributed by atoms with van der Waals surface area (Å²) in [5, 5.41) is 10.1. The Kier molecular flexibility index (Phi) is 7.38. The lowest BCUT2D eigenvalue weighted by Crippen LogP contribution is -2.10. The summed E-state index contributed by atoms with van der Waals surface area (Å²) in [6.07, 6.45) is 0. The Bertz CT molecular complexity index is 1010. The molecular formula is C20H17ClFNO4S2. The molecule has 0 fully saturated rings. The van der Waals surface area contributed by atoms with Crippen molar-refractivity contribution in [3.63, 3.8) is 0 Å². The van der Waals surface area contributed by atoms with Gasteiger partial charge in [-0.15, -0.1) is 11.3 Å². The lowest BCUT2D eigenvalue weighted by Gasteiger charge is -2.08. The molecule has 2 N–H and O–H groups in total. The summed E-state index contributed by atoms with van der Waals surface area (Å²) in [6, 6.07) is 12.7. The lowest BCUT2D eigenvalue weighted by atomic mass is 10.1. The summed E-state index contributed by atoms with van der Waals surface area (Å²) >= 11 is 8.95. The van der Waals surface area contributed by atoms with Crippen LogP contribution in [0.3, 0.4) is 0 Å². The quantitative estimate of drug-likeness (QED) is 0.254. The predicted molar refractivity (Wildman–Crippen MR) is 114 cm³/mol. The van der Waals surface area contributed by atoms with Crippen LogP contribution >= 0.6 is 34.9 Å². The third-order valence-electron chi connectivity index (χ3n) is 3.81. The molecule has 0 aliphatic heterocycles. The highest BCUT2D eigenvalue weighted by atomic mass is 35.5. The number of methoxy groups -OCH3 is 1. The van der Waals surface area contributed by atoms with Crippen LogP contribution < -0.4 is 4.72 Å². The molecule has 5 nitrogen and oxygen atoms in total. The number of thiophene rings is 1. The number of benzene rings is 2. The van der Waals surface area contributed by atoms with Crippen molar-refractivity contribution < 1.29 is 23.8 Å². The standard InChI is InChI=1S/C20H17ClFNO4S2/c1-26-7-8-27-20(25)15-6-5-14(10-17(15)24)23-29-18-11-16(19(21)28-18)12-3-2-4-13(22)9-12/h2-6,9-11,23-24H,7-8H2,1H3. The fourth-order valence-electron chi connectivity index (χ4n) is 2.42. The number of carbonyl (C=O) groups excluding carboxylic acids is 1. The van der Waals surface area contributed by atoms with E-state index in [1.54, 1.807) is 18.2 Å². The number of phenolic OH excluding ortho intramolecular Hbond substituents is 1. The molecule has 2 aromatic carbocycles. The van der Waals surface area contributed by atoms with E-state index in [1.807, 2.05) is 6.07 Å². The number of halogens is 2.